The number of hydrogen-bond acceptors (Lipinski definition) is 3. The molecule has 0 aromatic carbocycles. The van der Waals surface area contributed by atoms with Crippen molar-refractivity contribution in [3.05, 3.63) is 11.8 Å². The molecule has 0 aliphatic carbocycles. The Morgan fingerprint density at radius 2 is 2.31 bits per heavy atom. The van der Waals surface area contributed by atoms with E-state index in [0.717, 1.165) is 25.8 Å². The van der Waals surface area contributed by atoms with Crippen LogP contribution in [0.3, 0.4) is 0 Å². The summed E-state index contributed by atoms with van der Waals surface area (Å²) in [5.74, 6) is 0. The van der Waals surface area contributed by atoms with Gasteiger partial charge in [0, 0.05) is 38.9 Å². The van der Waals surface area contributed by atoms with Crippen molar-refractivity contribution >= 4 is 10.2 Å². The summed E-state index contributed by atoms with van der Waals surface area (Å²) in [5.41, 5.74) is 1.40. The molecule has 0 spiro atoms. The fourth-order valence-corrected chi connectivity index (χ4v) is 2.97. The minimum Gasteiger partial charge on any atom is -0.370 e. The highest BCUT2D eigenvalue weighted by atomic mass is 32.2. The van der Waals surface area contributed by atoms with Gasteiger partial charge < -0.3 is 4.90 Å². The molecule has 0 saturated carbocycles. The second-order valence-corrected chi connectivity index (χ2v) is 6.48. The first kappa shape index (κ1) is 11.9. The van der Waals surface area contributed by atoms with Crippen molar-refractivity contribution in [2.75, 3.05) is 27.2 Å². The molecule has 0 aromatic heterocycles. The van der Waals surface area contributed by atoms with E-state index < -0.39 is 10.2 Å². The van der Waals surface area contributed by atoms with E-state index >= 15 is 0 Å². The summed E-state index contributed by atoms with van der Waals surface area (Å²) in [4.78, 5) is 2.33. The summed E-state index contributed by atoms with van der Waals surface area (Å²) in [6.45, 7) is 1.56. The molecule has 0 bridgehead atoms. The van der Waals surface area contributed by atoms with Gasteiger partial charge in [0.25, 0.3) is 10.2 Å². The Balaban J connectivity index is 1.90. The van der Waals surface area contributed by atoms with Crippen LogP contribution < -0.4 is 4.72 Å². The lowest BCUT2D eigenvalue weighted by Crippen LogP contribution is -2.43. The van der Waals surface area contributed by atoms with Crippen LogP contribution in [0.1, 0.15) is 19.3 Å². The van der Waals surface area contributed by atoms with Gasteiger partial charge >= 0.3 is 0 Å². The lowest BCUT2D eigenvalue weighted by atomic mass is 10.2. The van der Waals surface area contributed by atoms with Crippen molar-refractivity contribution in [2.24, 2.45) is 0 Å². The van der Waals surface area contributed by atoms with E-state index in [2.05, 4.69) is 15.7 Å². The van der Waals surface area contributed by atoms with E-state index in [1.54, 1.807) is 0 Å². The van der Waals surface area contributed by atoms with Crippen molar-refractivity contribution in [1.29, 1.82) is 0 Å². The van der Waals surface area contributed by atoms with Gasteiger partial charge in [-0.3, -0.25) is 0 Å². The summed E-state index contributed by atoms with van der Waals surface area (Å²) in [6.07, 6.45) is 5.52. The zero-order valence-corrected chi connectivity index (χ0v) is 10.6. The lowest BCUT2D eigenvalue weighted by molar-refractivity contribution is 0.313. The molecule has 5 nitrogen and oxygen atoms in total. The Morgan fingerprint density at radius 1 is 1.56 bits per heavy atom. The molecule has 2 heterocycles. The molecule has 1 fully saturated rings. The number of fused-ring (bicyclic) bond motifs is 1. The molecule has 2 aliphatic heterocycles. The lowest BCUT2D eigenvalue weighted by Gasteiger charge is -2.24. The first-order chi connectivity index (χ1) is 7.50. The molecule has 0 unspecified atom stereocenters. The molecule has 0 amide bonds. The normalized spacial score (nSPS) is 25.1. The van der Waals surface area contributed by atoms with Crippen LogP contribution in [0, 0.1) is 0 Å². The molecular weight excluding hydrogens is 226 g/mol. The Hall–Kier alpha value is -0.590. The quantitative estimate of drug-likeness (QED) is 0.766. The maximum atomic E-state index is 11.6. The van der Waals surface area contributed by atoms with Gasteiger partial charge in [0.2, 0.25) is 0 Å². The van der Waals surface area contributed by atoms with Crippen LogP contribution in [-0.4, -0.2) is 50.8 Å². The summed E-state index contributed by atoms with van der Waals surface area (Å²) >= 11 is 0. The summed E-state index contributed by atoms with van der Waals surface area (Å²) in [7, 11) is -0.197. The van der Waals surface area contributed by atoms with Crippen molar-refractivity contribution in [2.45, 2.75) is 25.3 Å². The highest BCUT2D eigenvalue weighted by molar-refractivity contribution is 7.87. The standard InChI is InChI=1S/C10H19N3O2S/c1-12(2)16(14,15)11-8-10-6-5-9-4-3-7-13(9)10/h4,10-11H,3,5-8H2,1-2H3/t10-/m0/s1. The Kier molecular flexibility index (Phi) is 3.23. The highest BCUT2D eigenvalue weighted by Gasteiger charge is 2.30. The van der Waals surface area contributed by atoms with Gasteiger partial charge in [-0.2, -0.15) is 12.7 Å². The molecule has 16 heavy (non-hydrogen) atoms. The van der Waals surface area contributed by atoms with Gasteiger partial charge in [-0.25, -0.2) is 4.72 Å². The van der Waals surface area contributed by atoms with Crippen LogP contribution >= 0.6 is 0 Å². The molecule has 92 valence electrons. The third-order valence-electron chi connectivity index (χ3n) is 3.28. The van der Waals surface area contributed by atoms with E-state index in [1.165, 1.54) is 24.1 Å². The van der Waals surface area contributed by atoms with Gasteiger partial charge in [0.15, 0.2) is 0 Å². The molecule has 0 aromatic rings. The molecule has 0 radical (unpaired) electrons. The monoisotopic (exact) mass is 245 g/mol. The van der Waals surface area contributed by atoms with Crippen LogP contribution in [-0.2, 0) is 10.2 Å². The van der Waals surface area contributed by atoms with Gasteiger partial charge in [-0.15, -0.1) is 0 Å². The Morgan fingerprint density at radius 3 is 3.00 bits per heavy atom. The maximum Gasteiger partial charge on any atom is 0.279 e. The Labute approximate surface area is 97.3 Å². The molecule has 1 saturated heterocycles. The number of allylic oxidation sites excluding steroid dienone is 1. The third kappa shape index (κ3) is 2.23. The van der Waals surface area contributed by atoms with Crippen LogP contribution in [0.5, 0.6) is 0 Å². The average Bonchev–Trinajstić information content (AvgIpc) is 2.76. The van der Waals surface area contributed by atoms with Crippen LogP contribution in [0.4, 0.5) is 0 Å². The summed E-state index contributed by atoms with van der Waals surface area (Å²) in [5, 5.41) is 0. The molecule has 2 rings (SSSR count). The van der Waals surface area contributed by atoms with Crippen LogP contribution in [0.15, 0.2) is 11.8 Å². The minimum atomic E-state index is -3.28. The van der Waals surface area contributed by atoms with E-state index in [4.69, 9.17) is 0 Å². The van der Waals surface area contributed by atoms with Crippen molar-refractivity contribution in [1.82, 2.24) is 13.9 Å². The van der Waals surface area contributed by atoms with Crippen LogP contribution in [0.25, 0.3) is 0 Å². The summed E-state index contributed by atoms with van der Waals surface area (Å²) in [6, 6.07) is 0.337. The van der Waals surface area contributed by atoms with Crippen LogP contribution in [0.2, 0.25) is 0 Å². The second kappa shape index (κ2) is 4.35. The maximum absolute atomic E-state index is 11.6. The van der Waals surface area contributed by atoms with Gasteiger partial charge in [-0.1, -0.05) is 6.08 Å². The largest absolute Gasteiger partial charge is 0.370 e. The topological polar surface area (TPSA) is 52.7 Å². The van der Waals surface area contributed by atoms with E-state index in [-0.39, 0.29) is 0 Å². The first-order valence-electron chi connectivity index (χ1n) is 5.63. The smallest absolute Gasteiger partial charge is 0.279 e. The number of nitrogens with zero attached hydrogens (tertiary/aromatic N) is 2. The predicted octanol–water partition coefficient (Wildman–Crippen LogP) is 0.134. The van der Waals surface area contributed by atoms with Gasteiger partial charge in [0.1, 0.15) is 0 Å². The van der Waals surface area contributed by atoms with E-state index in [1.807, 2.05) is 0 Å². The third-order valence-corrected chi connectivity index (χ3v) is 4.77. The Bertz CT molecular complexity index is 389. The average molecular weight is 245 g/mol. The first-order valence-corrected chi connectivity index (χ1v) is 7.07. The number of rotatable bonds is 4. The van der Waals surface area contributed by atoms with Gasteiger partial charge in [-0.05, 0) is 19.3 Å². The zero-order chi connectivity index (χ0) is 11.8. The van der Waals surface area contributed by atoms with Crippen molar-refractivity contribution < 1.29 is 8.42 Å². The number of nitrogens with one attached hydrogen (secondary N) is 1. The fourth-order valence-electron chi connectivity index (χ4n) is 2.31. The molecule has 6 heteroatoms. The predicted molar refractivity (Wildman–Crippen MR) is 63.0 cm³/mol. The molecular formula is C10H19N3O2S. The SMILES string of the molecule is CN(C)S(=O)(=O)NC[C@@H]1CCC2=CCCN21. The molecule has 1 N–H and O–H groups in total. The molecule has 1 atom stereocenters. The highest BCUT2D eigenvalue weighted by Crippen LogP contribution is 2.31. The fraction of sp³-hybridized carbons (Fsp3) is 0.800. The number of hydrogen-bond donors (Lipinski definition) is 1. The van der Waals surface area contributed by atoms with E-state index in [9.17, 15) is 8.42 Å². The van der Waals surface area contributed by atoms with E-state index in [0.29, 0.717) is 12.6 Å². The van der Waals surface area contributed by atoms with Crippen molar-refractivity contribution in [3.63, 3.8) is 0 Å². The van der Waals surface area contributed by atoms with Gasteiger partial charge in [0.05, 0.1) is 0 Å². The summed E-state index contributed by atoms with van der Waals surface area (Å²) < 4.78 is 27.0. The minimum absolute atomic E-state index is 0.337. The van der Waals surface area contributed by atoms with Crippen molar-refractivity contribution in [3.8, 4) is 0 Å². The zero-order valence-electron chi connectivity index (χ0n) is 9.81. The second-order valence-electron chi connectivity index (χ2n) is 4.51. The molecule has 2 aliphatic rings.